The molecule has 0 aromatic heterocycles. The van der Waals surface area contributed by atoms with Crippen LogP contribution in [0.1, 0.15) is 26.2 Å². The number of amides is 3. The molecule has 106 valence electrons. The van der Waals surface area contributed by atoms with Crippen molar-refractivity contribution >= 4 is 17.9 Å². The summed E-state index contributed by atoms with van der Waals surface area (Å²) >= 11 is 0. The summed E-state index contributed by atoms with van der Waals surface area (Å²) in [5.74, 6) is 0.429. The van der Waals surface area contributed by atoms with E-state index in [1.807, 2.05) is 4.90 Å². The van der Waals surface area contributed by atoms with Gasteiger partial charge in [0, 0.05) is 20.6 Å². The van der Waals surface area contributed by atoms with Crippen LogP contribution in [0.15, 0.2) is 4.99 Å². The Morgan fingerprint density at radius 1 is 1.32 bits per heavy atom. The Kier molecular flexibility index (Phi) is 3.92. The van der Waals surface area contributed by atoms with Crippen LogP contribution in [-0.4, -0.2) is 60.5 Å². The fourth-order valence-corrected chi connectivity index (χ4v) is 2.55. The van der Waals surface area contributed by atoms with Gasteiger partial charge in [0.1, 0.15) is 6.17 Å². The number of unbranched alkanes of at least 4 members (excludes halogenated alkanes) is 2. The van der Waals surface area contributed by atoms with Crippen molar-refractivity contribution in [2.24, 2.45) is 4.99 Å². The van der Waals surface area contributed by atoms with E-state index in [9.17, 15) is 9.59 Å². The number of imide groups is 1. The zero-order chi connectivity index (χ0) is 14.0. The maximum absolute atomic E-state index is 12.0. The molecule has 7 nitrogen and oxygen atoms in total. The van der Waals surface area contributed by atoms with Crippen LogP contribution < -0.4 is 10.6 Å². The first-order valence-corrected chi connectivity index (χ1v) is 6.67. The van der Waals surface area contributed by atoms with Crippen LogP contribution >= 0.6 is 0 Å². The summed E-state index contributed by atoms with van der Waals surface area (Å²) in [6.07, 6.45) is 2.91. The first kappa shape index (κ1) is 13.6. The van der Waals surface area contributed by atoms with Crippen LogP contribution in [0.3, 0.4) is 0 Å². The van der Waals surface area contributed by atoms with E-state index in [1.165, 1.54) is 4.90 Å². The molecule has 2 saturated heterocycles. The van der Waals surface area contributed by atoms with Crippen LogP contribution in [0.4, 0.5) is 4.79 Å². The number of rotatable bonds is 4. The van der Waals surface area contributed by atoms with Crippen molar-refractivity contribution in [3.63, 3.8) is 0 Å². The summed E-state index contributed by atoms with van der Waals surface area (Å²) in [5, 5.41) is 5.53. The molecule has 2 fully saturated rings. The van der Waals surface area contributed by atoms with Crippen molar-refractivity contribution in [2.75, 3.05) is 20.6 Å². The molecular formula is C12H21N5O2. The van der Waals surface area contributed by atoms with Gasteiger partial charge in [-0.1, -0.05) is 19.8 Å². The summed E-state index contributed by atoms with van der Waals surface area (Å²) < 4.78 is 0. The average molecular weight is 267 g/mol. The molecular weight excluding hydrogens is 246 g/mol. The van der Waals surface area contributed by atoms with Crippen LogP contribution in [-0.2, 0) is 4.79 Å². The molecule has 2 atom stereocenters. The summed E-state index contributed by atoms with van der Waals surface area (Å²) in [6, 6.07) is -0.761. The lowest BCUT2D eigenvalue weighted by molar-refractivity contribution is -0.127. The highest BCUT2D eigenvalue weighted by Gasteiger charge is 2.49. The highest BCUT2D eigenvalue weighted by atomic mass is 16.2. The Morgan fingerprint density at radius 2 is 2.05 bits per heavy atom. The minimum absolute atomic E-state index is 0.254. The molecule has 0 aliphatic carbocycles. The summed E-state index contributed by atoms with van der Waals surface area (Å²) in [7, 11) is 3.36. The molecule has 0 radical (unpaired) electrons. The van der Waals surface area contributed by atoms with E-state index < -0.39 is 6.04 Å². The van der Waals surface area contributed by atoms with Gasteiger partial charge in [-0.05, 0) is 6.42 Å². The van der Waals surface area contributed by atoms with Gasteiger partial charge >= 0.3 is 6.03 Å². The minimum Gasteiger partial charge on any atom is -0.334 e. The third-order valence-electron chi connectivity index (χ3n) is 3.63. The van der Waals surface area contributed by atoms with Gasteiger partial charge in [-0.25, -0.2) is 4.79 Å². The largest absolute Gasteiger partial charge is 0.334 e. The molecule has 3 amide bonds. The summed E-state index contributed by atoms with van der Waals surface area (Å²) in [4.78, 5) is 31.3. The van der Waals surface area contributed by atoms with Crippen molar-refractivity contribution in [2.45, 2.75) is 38.4 Å². The van der Waals surface area contributed by atoms with Crippen molar-refractivity contribution in [3.8, 4) is 0 Å². The first-order valence-electron chi connectivity index (χ1n) is 6.67. The zero-order valence-electron chi connectivity index (χ0n) is 11.6. The number of nitrogens with zero attached hydrogens (tertiary/aromatic N) is 3. The van der Waals surface area contributed by atoms with Crippen LogP contribution in [0.2, 0.25) is 0 Å². The maximum Gasteiger partial charge on any atom is 0.325 e. The normalized spacial score (nSPS) is 28.5. The molecule has 2 aliphatic heterocycles. The van der Waals surface area contributed by atoms with Crippen molar-refractivity contribution < 1.29 is 9.59 Å². The average Bonchev–Trinajstić information content (AvgIpc) is 2.76. The topological polar surface area (TPSA) is 77.0 Å². The number of urea groups is 1. The fraction of sp³-hybridized carbons (Fsp3) is 0.750. The molecule has 0 aromatic rings. The molecule has 0 bridgehead atoms. The van der Waals surface area contributed by atoms with Crippen molar-refractivity contribution in [3.05, 3.63) is 0 Å². The minimum atomic E-state index is -0.391. The van der Waals surface area contributed by atoms with E-state index in [4.69, 9.17) is 0 Å². The molecule has 2 aliphatic rings. The van der Waals surface area contributed by atoms with Gasteiger partial charge in [0.25, 0.3) is 5.91 Å². The Labute approximate surface area is 113 Å². The standard InChI is InChI=1S/C12H21N5O2/c1-4-5-6-7-17-8-9(14-11(17)13-2)16(3)12(19)15-10(8)18/h8-9H,4-7H2,1-3H3,(H,13,14)(H,15,18,19). The smallest absolute Gasteiger partial charge is 0.325 e. The van der Waals surface area contributed by atoms with Gasteiger partial charge in [0.15, 0.2) is 12.0 Å². The number of hydrogen-bond acceptors (Lipinski definition) is 3. The van der Waals surface area contributed by atoms with Crippen LogP contribution in [0, 0.1) is 0 Å². The summed E-state index contributed by atoms with van der Waals surface area (Å²) in [5.41, 5.74) is 0. The summed E-state index contributed by atoms with van der Waals surface area (Å²) in [6.45, 7) is 2.91. The lowest BCUT2D eigenvalue weighted by Crippen LogP contribution is -2.64. The van der Waals surface area contributed by atoms with E-state index in [0.29, 0.717) is 5.96 Å². The molecule has 0 saturated carbocycles. The van der Waals surface area contributed by atoms with Crippen molar-refractivity contribution in [1.29, 1.82) is 0 Å². The van der Waals surface area contributed by atoms with Gasteiger partial charge in [0.2, 0.25) is 0 Å². The maximum atomic E-state index is 12.0. The molecule has 0 aromatic carbocycles. The molecule has 7 heteroatoms. The van der Waals surface area contributed by atoms with Crippen LogP contribution in [0.5, 0.6) is 0 Å². The predicted octanol–water partition coefficient (Wildman–Crippen LogP) is -0.0561. The monoisotopic (exact) mass is 267 g/mol. The molecule has 2 N–H and O–H groups in total. The Bertz CT molecular complexity index is 409. The second-order valence-electron chi connectivity index (χ2n) is 4.89. The van der Waals surface area contributed by atoms with Crippen LogP contribution in [0.25, 0.3) is 0 Å². The number of nitrogens with one attached hydrogen (secondary N) is 2. The third kappa shape index (κ3) is 2.36. The van der Waals surface area contributed by atoms with E-state index in [0.717, 1.165) is 25.8 Å². The molecule has 2 heterocycles. The number of fused-ring (bicyclic) bond motifs is 1. The number of likely N-dealkylation sites (N-methyl/N-ethyl adjacent to an activating group) is 1. The second kappa shape index (κ2) is 5.46. The van der Waals surface area contributed by atoms with Gasteiger partial charge in [0.05, 0.1) is 0 Å². The number of aliphatic imine (C=N–C) groups is 1. The van der Waals surface area contributed by atoms with E-state index in [1.54, 1.807) is 14.1 Å². The fourth-order valence-electron chi connectivity index (χ4n) is 2.55. The van der Waals surface area contributed by atoms with Gasteiger partial charge < -0.3 is 15.1 Å². The lowest BCUT2D eigenvalue weighted by atomic mass is 10.1. The lowest BCUT2D eigenvalue weighted by Gasteiger charge is -2.35. The van der Waals surface area contributed by atoms with Crippen molar-refractivity contribution in [1.82, 2.24) is 20.4 Å². The Hall–Kier alpha value is -1.79. The van der Waals surface area contributed by atoms with Gasteiger partial charge in [-0.3, -0.25) is 15.1 Å². The molecule has 2 unspecified atom stereocenters. The number of carbonyl (C=O) groups excluding carboxylic acids is 2. The highest BCUT2D eigenvalue weighted by Crippen LogP contribution is 2.20. The molecule has 19 heavy (non-hydrogen) atoms. The second-order valence-corrected chi connectivity index (χ2v) is 4.89. The quantitative estimate of drug-likeness (QED) is 0.700. The number of carbonyl (C=O) groups is 2. The molecule has 2 rings (SSSR count). The highest BCUT2D eigenvalue weighted by molar-refractivity contribution is 6.04. The third-order valence-corrected chi connectivity index (χ3v) is 3.63. The zero-order valence-corrected chi connectivity index (χ0v) is 11.6. The van der Waals surface area contributed by atoms with Gasteiger partial charge in [-0.15, -0.1) is 0 Å². The van der Waals surface area contributed by atoms with Gasteiger partial charge in [-0.2, -0.15) is 0 Å². The first-order chi connectivity index (χ1) is 9.10. The number of hydrogen-bond donors (Lipinski definition) is 2. The van der Waals surface area contributed by atoms with E-state index in [-0.39, 0.29) is 18.1 Å². The number of guanidine groups is 1. The van der Waals surface area contributed by atoms with E-state index >= 15 is 0 Å². The Balaban J connectivity index is 2.17. The predicted molar refractivity (Wildman–Crippen MR) is 71.6 cm³/mol. The molecule has 0 spiro atoms. The van der Waals surface area contributed by atoms with E-state index in [2.05, 4.69) is 22.5 Å². The Morgan fingerprint density at radius 3 is 2.68 bits per heavy atom. The SMILES string of the molecule is CCCCCN1C(=NC)NC2C1C(=O)NC(=O)N2C.